The molecule has 0 saturated carbocycles. The number of esters is 1. The molecule has 18 heavy (non-hydrogen) atoms. The third-order valence-corrected chi connectivity index (χ3v) is 2.79. The third-order valence-electron chi connectivity index (χ3n) is 2.79. The Kier molecular flexibility index (Phi) is 3.57. The predicted octanol–water partition coefficient (Wildman–Crippen LogP) is 0.470. The van der Waals surface area contributed by atoms with Crippen molar-refractivity contribution in [2.24, 2.45) is 0 Å². The summed E-state index contributed by atoms with van der Waals surface area (Å²) < 4.78 is 9.52. The smallest absolute Gasteiger partial charge is 0.356 e. The topological polar surface area (TPSA) is 68.7 Å². The zero-order chi connectivity index (χ0) is 13.1. The average Bonchev–Trinajstić information content (AvgIpc) is 2.72. The van der Waals surface area contributed by atoms with E-state index < -0.39 is 5.97 Å². The van der Waals surface area contributed by atoms with Gasteiger partial charge in [0.25, 0.3) is 5.91 Å². The Balaban J connectivity index is 2.22. The highest BCUT2D eigenvalue weighted by molar-refractivity contribution is 5.98. The van der Waals surface area contributed by atoms with Crippen molar-refractivity contribution in [2.75, 3.05) is 27.4 Å². The van der Waals surface area contributed by atoms with E-state index in [9.17, 15) is 9.59 Å². The highest BCUT2D eigenvalue weighted by atomic mass is 16.5. The second kappa shape index (κ2) is 5.14. The summed E-state index contributed by atoms with van der Waals surface area (Å²) in [4.78, 5) is 29.1. The van der Waals surface area contributed by atoms with Gasteiger partial charge in [0.1, 0.15) is 11.4 Å². The van der Waals surface area contributed by atoms with Gasteiger partial charge in [-0.2, -0.15) is 0 Å². The van der Waals surface area contributed by atoms with Crippen molar-refractivity contribution in [3.63, 3.8) is 0 Å². The molecule has 96 valence electrons. The van der Waals surface area contributed by atoms with E-state index in [0.29, 0.717) is 25.4 Å². The predicted molar refractivity (Wildman–Crippen MR) is 62.2 cm³/mol. The maximum absolute atomic E-state index is 12.0. The van der Waals surface area contributed by atoms with Gasteiger partial charge < -0.3 is 14.4 Å². The van der Waals surface area contributed by atoms with E-state index in [1.807, 2.05) is 0 Å². The Morgan fingerprint density at radius 1 is 1.44 bits per heavy atom. The number of fused-ring (bicyclic) bond motifs is 1. The zero-order valence-corrected chi connectivity index (χ0v) is 10.3. The van der Waals surface area contributed by atoms with Crippen LogP contribution in [0.15, 0.2) is 12.1 Å². The van der Waals surface area contributed by atoms with Crippen molar-refractivity contribution in [3.8, 4) is 0 Å². The highest BCUT2D eigenvalue weighted by Crippen LogP contribution is 2.21. The van der Waals surface area contributed by atoms with Gasteiger partial charge in [0.05, 0.1) is 13.7 Å². The number of nitrogens with zero attached hydrogens (tertiary/aromatic N) is 2. The maximum Gasteiger partial charge on any atom is 0.356 e. The lowest BCUT2D eigenvalue weighted by Gasteiger charge is -2.13. The molecule has 6 nitrogen and oxygen atoms in total. The first kappa shape index (κ1) is 12.5. The van der Waals surface area contributed by atoms with Crippen LogP contribution < -0.4 is 0 Å². The summed E-state index contributed by atoms with van der Waals surface area (Å²) in [5, 5.41) is 0. The van der Waals surface area contributed by atoms with Gasteiger partial charge in [-0.05, 0) is 6.07 Å². The second-order valence-corrected chi connectivity index (χ2v) is 3.92. The minimum absolute atomic E-state index is 0.151. The quantitative estimate of drug-likeness (QED) is 0.726. The molecule has 0 spiro atoms. The summed E-state index contributed by atoms with van der Waals surface area (Å²) in [7, 11) is 2.87. The van der Waals surface area contributed by atoms with E-state index in [4.69, 9.17) is 4.74 Å². The first-order chi connectivity index (χ1) is 8.67. The van der Waals surface area contributed by atoms with E-state index in [-0.39, 0.29) is 11.6 Å². The van der Waals surface area contributed by atoms with Gasteiger partial charge in [0.15, 0.2) is 0 Å². The Hall–Kier alpha value is -1.95. The van der Waals surface area contributed by atoms with E-state index in [1.54, 1.807) is 24.1 Å². The fourth-order valence-corrected chi connectivity index (χ4v) is 1.83. The molecule has 0 fully saturated rings. The van der Waals surface area contributed by atoms with Crippen molar-refractivity contribution in [1.29, 1.82) is 0 Å². The van der Waals surface area contributed by atoms with Crippen LogP contribution in [0.1, 0.15) is 26.5 Å². The molecule has 6 heteroatoms. The van der Waals surface area contributed by atoms with Crippen molar-refractivity contribution < 1.29 is 19.1 Å². The van der Waals surface area contributed by atoms with Gasteiger partial charge in [-0.3, -0.25) is 4.79 Å². The number of carbonyl (C=O) groups is 2. The van der Waals surface area contributed by atoms with Crippen LogP contribution in [0.5, 0.6) is 0 Å². The number of methoxy groups -OCH3 is 2. The fourth-order valence-electron chi connectivity index (χ4n) is 1.83. The lowest BCUT2D eigenvalue weighted by atomic mass is 10.2. The number of ether oxygens (including phenoxy) is 2. The number of amides is 1. The number of hydrogen-bond donors (Lipinski definition) is 0. The molecule has 0 atom stereocenters. The van der Waals surface area contributed by atoms with Crippen LogP contribution in [-0.2, 0) is 16.0 Å². The van der Waals surface area contributed by atoms with Crippen molar-refractivity contribution in [3.05, 3.63) is 29.1 Å². The van der Waals surface area contributed by atoms with E-state index in [2.05, 4.69) is 9.72 Å². The van der Waals surface area contributed by atoms with Crippen LogP contribution in [-0.4, -0.2) is 49.1 Å². The third kappa shape index (κ3) is 2.19. The van der Waals surface area contributed by atoms with Crippen LogP contribution in [0.25, 0.3) is 0 Å². The number of pyridine rings is 1. The zero-order valence-electron chi connectivity index (χ0n) is 10.3. The molecule has 2 heterocycles. The van der Waals surface area contributed by atoms with Gasteiger partial charge in [0, 0.05) is 25.8 Å². The van der Waals surface area contributed by atoms with Crippen LogP contribution in [0, 0.1) is 0 Å². The summed E-state index contributed by atoms with van der Waals surface area (Å²) in [5.41, 5.74) is 1.30. The Labute approximate surface area is 105 Å². The highest BCUT2D eigenvalue weighted by Gasteiger charge is 2.29. The van der Waals surface area contributed by atoms with Gasteiger partial charge in [-0.15, -0.1) is 0 Å². The lowest BCUT2D eigenvalue weighted by Crippen LogP contribution is -2.27. The van der Waals surface area contributed by atoms with E-state index in [0.717, 1.165) is 5.56 Å². The molecule has 0 unspecified atom stereocenters. The second-order valence-electron chi connectivity index (χ2n) is 3.92. The molecular formula is C12H14N2O4. The largest absolute Gasteiger partial charge is 0.464 e. The molecule has 2 rings (SSSR count). The van der Waals surface area contributed by atoms with Gasteiger partial charge in [-0.1, -0.05) is 6.07 Å². The molecule has 1 aliphatic heterocycles. The standard InChI is InChI=1S/C12H14N2O4/c1-17-6-5-14-7-8-3-4-9(12(16)18-2)13-10(8)11(14)15/h3-4H,5-7H2,1-2H3. The molecule has 0 saturated heterocycles. The summed E-state index contributed by atoms with van der Waals surface area (Å²) >= 11 is 0. The Bertz CT molecular complexity index is 487. The van der Waals surface area contributed by atoms with Crippen molar-refractivity contribution in [1.82, 2.24) is 9.88 Å². The van der Waals surface area contributed by atoms with Crippen LogP contribution in [0.3, 0.4) is 0 Å². The van der Waals surface area contributed by atoms with Gasteiger partial charge >= 0.3 is 5.97 Å². The number of rotatable bonds is 4. The first-order valence-corrected chi connectivity index (χ1v) is 5.54. The van der Waals surface area contributed by atoms with Crippen LogP contribution in [0.2, 0.25) is 0 Å². The Morgan fingerprint density at radius 3 is 2.89 bits per heavy atom. The minimum atomic E-state index is -0.541. The van der Waals surface area contributed by atoms with Crippen molar-refractivity contribution in [2.45, 2.75) is 6.54 Å². The Morgan fingerprint density at radius 2 is 2.22 bits per heavy atom. The summed E-state index contributed by atoms with van der Waals surface area (Å²) in [6.45, 7) is 1.49. The molecule has 0 radical (unpaired) electrons. The lowest BCUT2D eigenvalue weighted by molar-refractivity contribution is 0.0594. The number of aromatic nitrogens is 1. The molecule has 1 amide bonds. The molecule has 0 N–H and O–H groups in total. The van der Waals surface area contributed by atoms with Crippen molar-refractivity contribution >= 4 is 11.9 Å². The molecular weight excluding hydrogens is 236 g/mol. The van der Waals surface area contributed by atoms with Gasteiger partial charge in [0.2, 0.25) is 0 Å². The average molecular weight is 250 g/mol. The van der Waals surface area contributed by atoms with Gasteiger partial charge in [-0.25, -0.2) is 9.78 Å². The fraction of sp³-hybridized carbons (Fsp3) is 0.417. The van der Waals surface area contributed by atoms with E-state index >= 15 is 0 Å². The number of carbonyl (C=O) groups excluding carboxylic acids is 2. The van der Waals surface area contributed by atoms with Crippen LogP contribution >= 0.6 is 0 Å². The minimum Gasteiger partial charge on any atom is -0.464 e. The van der Waals surface area contributed by atoms with Crippen LogP contribution in [0.4, 0.5) is 0 Å². The summed E-state index contributed by atoms with van der Waals surface area (Å²) in [6, 6.07) is 3.30. The maximum atomic E-state index is 12.0. The normalized spacial score (nSPS) is 13.7. The SMILES string of the molecule is COCCN1Cc2ccc(C(=O)OC)nc2C1=O. The molecule has 0 bridgehead atoms. The molecule has 1 aliphatic rings. The molecule has 1 aromatic heterocycles. The molecule has 0 aliphatic carbocycles. The summed E-state index contributed by atoms with van der Waals surface area (Å²) in [6.07, 6.45) is 0. The molecule has 1 aromatic rings. The monoisotopic (exact) mass is 250 g/mol. The number of hydrogen-bond acceptors (Lipinski definition) is 5. The molecule has 0 aromatic carbocycles. The first-order valence-electron chi connectivity index (χ1n) is 5.54. The summed E-state index contributed by atoms with van der Waals surface area (Å²) in [5.74, 6) is -0.714. The van der Waals surface area contributed by atoms with E-state index in [1.165, 1.54) is 7.11 Å².